The smallest absolute Gasteiger partial charge is 0.186 e. The minimum Gasteiger partial charge on any atom is -0.302 e. The maximum atomic E-state index is 10.9. The van der Waals surface area contributed by atoms with Crippen molar-refractivity contribution in [2.45, 2.75) is 4.90 Å². The molecule has 0 radical (unpaired) electrons. The van der Waals surface area contributed by atoms with Crippen LogP contribution in [0.1, 0.15) is 0 Å². The number of hydrogen-bond acceptors (Lipinski definition) is 1. The van der Waals surface area contributed by atoms with Gasteiger partial charge in [-0.1, -0.05) is 42.5 Å². The Kier molecular flexibility index (Phi) is 2.94. The number of benzene rings is 2. The Bertz CT molecular complexity index is 480. The Morgan fingerprint density at radius 3 is 2.20 bits per heavy atom. The van der Waals surface area contributed by atoms with Gasteiger partial charge in [-0.25, -0.2) is 4.21 Å². The maximum Gasteiger partial charge on any atom is 0.186 e. The van der Waals surface area contributed by atoms with Gasteiger partial charge in [-0.2, -0.15) is 0 Å². The van der Waals surface area contributed by atoms with Gasteiger partial charge < -0.3 is 4.55 Å². The molecule has 0 spiro atoms. The minimum atomic E-state index is -1.91. The third-order valence-corrected chi connectivity index (χ3v) is 2.80. The molecule has 0 aliphatic rings. The van der Waals surface area contributed by atoms with Gasteiger partial charge in [-0.05, 0) is 23.3 Å². The summed E-state index contributed by atoms with van der Waals surface area (Å²) in [6, 6.07) is 16.8. The van der Waals surface area contributed by atoms with Crippen molar-refractivity contribution in [3.05, 3.63) is 54.6 Å². The van der Waals surface area contributed by atoms with Gasteiger partial charge in [0.15, 0.2) is 11.1 Å². The second kappa shape index (κ2) is 4.38. The first-order chi connectivity index (χ1) is 7.27. The molecule has 1 unspecified atom stereocenters. The van der Waals surface area contributed by atoms with Crippen molar-refractivity contribution < 1.29 is 8.76 Å². The summed E-state index contributed by atoms with van der Waals surface area (Å²) < 4.78 is 19.9. The third kappa shape index (κ3) is 2.32. The Balaban J connectivity index is 2.46. The molecule has 1 N–H and O–H groups in total. The lowest BCUT2D eigenvalue weighted by molar-refractivity contribution is 0.564. The van der Waals surface area contributed by atoms with Crippen LogP contribution in [0.2, 0.25) is 0 Å². The topological polar surface area (TPSA) is 37.3 Å². The van der Waals surface area contributed by atoms with E-state index in [-0.39, 0.29) is 0 Å². The average molecular weight is 218 g/mol. The SMILES string of the molecule is O=S(O)c1cccc(-c2ccccc2)c1. The van der Waals surface area contributed by atoms with Crippen molar-refractivity contribution in [1.29, 1.82) is 0 Å². The molecule has 2 nitrogen and oxygen atoms in total. The lowest BCUT2D eigenvalue weighted by Gasteiger charge is -2.02. The lowest BCUT2D eigenvalue weighted by atomic mass is 10.1. The largest absolute Gasteiger partial charge is 0.302 e. The van der Waals surface area contributed by atoms with Crippen LogP contribution in [0.4, 0.5) is 0 Å². The summed E-state index contributed by atoms with van der Waals surface area (Å²) >= 11 is -1.91. The fourth-order valence-electron chi connectivity index (χ4n) is 1.41. The normalized spacial score (nSPS) is 12.3. The van der Waals surface area contributed by atoms with Crippen molar-refractivity contribution in [2.24, 2.45) is 0 Å². The molecule has 2 aromatic carbocycles. The summed E-state index contributed by atoms with van der Waals surface area (Å²) in [6.45, 7) is 0. The molecule has 0 aromatic heterocycles. The molecule has 0 saturated heterocycles. The van der Waals surface area contributed by atoms with Crippen molar-refractivity contribution in [1.82, 2.24) is 0 Å². The summed E-state index contributed by atoms with van der Waals surface area (Å²) in [5.41, 5.74) is 2.00. The van der Waals surface area contributed by atoms with E-state index in [9.17, 15) is 4.21 Å². The van der Waals surface area contributed by atoms with E-state index in [1.807, 2.05) is 36.4 Å². The fraction of sp³-hybridized carbons (Fsp3) is 0. The Labute approximate surface area is 90.9 Å². The first-order valence-electron chi connectivity index (χ1n) is 4.54. The van der Waals surface area contributed by atoms with Crippen molar-refractivity contribution in [3.63, 3.8) is 0 Å². The van der Waals surface area contributed by atoms with Gasteiger partial charge in [-0.3, -0.25) is 0 Å². The molecule has 0 heterocycles. The van der Waals surface area contributed by atoms with Gasteiger partial charge in [0.2, 0.25) is 0 Å². The van der Waals surface area contributed by atoms with Crippen molar-refractivity contribution >= 4 is 11.1 Å². The minimum absolute atomic E-state index is 0.427. The van der Waals surface area contributed by atoms with Crippen LogP contribution in [0.5, 0.6) is 0 Å². The molecule has 0 fully saturated rings. The second-order valence-corrected chi connectivity index (χ2v) is 4.11. The lowest BCUT2D eigenvalue weighted by Crippen LogP contribution is -1.88. The zero-order chi connectivity index (χ0) is 10.7. The number of hydrogen-bond donors (Lipinski definition) is 1. The van der Waals surface area contributed by atoms with Gasteiger partial charge in [0.05, 0.1) is 4.90 Å². The molecule has 0 aliphatic heterocycles. The van der Waals surface area contributed by atoms with Gasteiger partial charge in [-0.15, -0.1) is 0 Å². The first-order valence-corrected chi connectivity index (χ1v) is 5.64. The number of rotatable bonds is 2. The van der Waals surface area contributed by atoms with Crippen LogP contribution in [0.3, 0.4) is 0 Å². The molecule has 15 heavy (non-hydrogen) atoms. The molecule has 0 saturated carbocycles. The average Bonchev–Trinajstić information content (AvgIpc) is 2.30. The molecular weight excluding hydrogens is 208 g/mol. The summed E-state index contributed by atoms with van der Waals surface area (Å²) in [5.74, 6) is 0. The molecule has 2 rings (SSSR count). The van der Waals surface area contributed by atoms with E-state index in [1.165, 1.54) is 0 Å². The molecule has 0 aliphatic carbocycles. The summed E-state index contributed by atoms with van der Waals surface area (Å²) in [5, 5.41) is 0. The van der Waals surface area contributed by atoms with Gasteiger partial charge in [0, 0.05) is 0 Å². The summed E-state index contributed by atoms with van der Waals surface area (Å²) in [6.07, 6.45) is 0. The Morgan fingerprint density at radius 2 is 1.53 bits per heavy atom. The van der Waals surface area contributed by atoms with Crippen LogP contribution < -0.4 is 0 Å². The highest BCUT2D eigenvalue weighted by Gasteiger charge is 2.01. The van der Waals surface area contributed by atoms with Crippen LogP contribution in [0.25, 0.3) is 11.1 Å². The van der Waals surface area contributed by atoms with Crippen molar-refractivity contribution in [3.8, 4) is 11.1 Å². The quantitative estimate of drug-likeness (QED) is 0.787. The first kappa shape index (κ1) is 10.1. The third-order valence-electron chi connectivity index (χ3n) is 2.14. The van der Waals surface area contributed by atoms with E-state index in [1.54, 1.807) is 18.2 Å². The zero-order valence-electron chi connectivity index (χ0n) is 7.96. The van der Waals surface area contributed by atoms with Gasteiger partial charge >= 0.3 is 0 Å². The highest BCUT2D eigenvalue weighted by Crippen LogP contribution is 2.20. The molecule has 1 atom stereocenters. The second-order valence-electron chi connectivity index (χ2n) is 3.14. The Morgan fingerprint density at radius 1 is 0.867 bits per heavy atom. The molecule has 76 valence electrons. The van der Waals surface area contributed by atoms with E-state index >= 15 is 0 Å². The molecule has 0 amide bonds. The van der Waals surface area contributed by atoms with Crippen LogP contribution in [-0.4, -0.2) is 8.76 Å². The standard InChI is InChI=1S/C12H10O2S/c13-15(14)12-8-4-7-11(9-12)10-5-2-1-3-6-10/h1-9H,(H,13,14). The van der Waals surface area contributed by atoms with Gasteiger partial charge in [0.25, 0.3) is 0 Å². The van der Waals surface area contributed by atoms with E-state index < -0.39 is 11.1 Å². The van der Waals surface area contributed by atoms with Gasteiger partial charge in [0.1, 0.15) is 0 Å². The van der Waals surface area contributed by atoms with Crippen molar-refractivity contribution in [2.75, 3.05) is 0 Å². The van der Waals surface area contributed by atoms with Crippen LogP contribution in [-0.2, 0) is 11.1 Å². The summed E-state index contributed by atoms with van der Waals surface area (Å²) in [7, 11) is 0. The molecule has 3 heteroatoms. The monoisotopic (exact) mass is 218 g/mol. The molecular formula is C12H10O2S. The Hall–Kier alpha value is -1.45. The zero-order valence-corrected chi connectivity index (χ0v) is 8.78. The fourth-order valence-corrected chi connectivity index (χ4v) is 1.84. The van der Waals surface area contributed by atoms with E-state index in [4.69, 9.17) is 4.55 Å². The van der Waals surface area contributed by atoms with E-state index in [0.29, 0.717) is 4.90 Å². The molecule has 2 aromatic rings. The van der Waals surface area contributed by atoms with Crippen LogP contribution >= 0.6 is 0 Å². The molecule has 0 bridgehead atoms. The van der Waals surface area contributed by atoms with E-state index in [2.05, 4.69) is 0 Å². The van der Waals surface area contributed by atoms with E-state index in [0.717, 1.165) is 11.1 Å². The highest BCUT2D eigenvalue weighted by atomic mass is 32.2. The summed E-state index contributed by atoms with van der Waals surface area (Å²) in [4.78, 5) is 0.427. The van der Waals surface area contributed by atoms with Crippen LogP contribution in [0, 0.1) is 0 Å². The predicted octanol–water partition coefficient (Wildman–Crippen LogP) is 2.93. The van der Waals surface area contributed by atoms with Crippen LogP contribution in [0.15, 0.2) is 59.5 Å². The maximum absolute atomic E-state index is 10.9. The predicted molar refractivity (Wildman–Crippen MR) is 60.9 cm³/mol. The highest BCUT2D eigenvalue weighted by molar-refractivity contribution is 7.79.